The minimum atomic E-state index is -0.175. The molecule has 3 heteroatoms. The number of hydrogen-bond acceptors (Lipinski definition) is 2. The van der Waals surface area contributed by atoms with Crippen molar-refractivity contribution in [3.8, 4) is 0 Å². The van der Waals surface area contributed by atoms with Gasteiger partial charge in [0.2, 0.25) is 0 Å². The first-order valence-corrected chi connectivity index (χ1v) is 6.05. The van der Waals surface area contributed by atoms with Gasteiger partial charge in [-0.2, -0.15) is 0 Å². The largest absolute Gasteiger partial charge is 0.319 e. The Hall–Kier alpha value is -2.68. The Labute approximate surface area is 110 Å². The lowest BCUT2D eigenvalue weighted by Crippen LogP contribution is -2.11. The Balaban J connectivity index is 2.04. The van der Waals surface area contributed by atoms with E-state index < -0.39 is 0 Å². The fraction of sp³-hybridized carbons (Fsp3) is 0. The summed E-state index contributed by atoms with van der Waals surface area (Å²) in [6.07, 6.45) is 3.62. The summed E-state index contributed by atoms with van der Waals surface area (Å²) in [4.78, 5) is 19.1. The third kappa shape index (κ3) is 2.45. The van der Waals surface area contributed by atoms with E-state index >= 15 is 0 Å². The standard InChI is InChI=1S/C16H12N2O/c19-16-15(11-10-12-6-2-1-3-7-12)17-13-8-4-5-9-14(13)18-16/h1-11H,(H,18,19)/b11-10-. The van der Waals surface area contributed by atoms with E-state index in [4.69, 9.17) is 0 Å². The Morgan fingerprint density at radius 3 is 2.47 bits per heavy atom. The number of aromatic nitrogens is 2. The molecule has 0 fully saturated rings. The molecule has 0 aliphatic carbocycles. The van der Waals surface area contributed by atoms with Gasteiger partial charge in [0.25, 0.3) is 5.56 Å². The van der Waals surface area contributed by atoms with E-state index in [0.29, 0.717) is 5.69 Å². The van der Waals surface area contributed by atoms with Gasteiger partial charge in [-0.3, -0.25) is 4.79 Å². The second-order valence-electron chi connectivity index (χ2n) is 4.21. The molecule has 0 amide bonds. The first-order valence-electron chi connectivity index (χ1n) is 6.05. The summed E-state index contributed by atoms with van der Waals surface area (Å²) in [7, 11) is 0. The average Bonchev–Trinajstić information content (AvgIpc) is 2.46. The smallest absolute Gasteiger partial charge is 0.274 e. The van der Waals surface area contributed by atoms with Crippen molar-refractivity contribution in [3.05, 3.63) is 76.2 Å². The van der Waals surface area contributed by atoms with Crippen molar-refractivity contribution in [3.63, 3.8) is 0 Å². The highest BCUT2D eigenvalue weighted by atomic mass is 16.1. The first kappa shape index (κ1) is 11.4. The number of fused-ring (bicyclic) bond motifs is 1. The van der Waals surface area contributed by atoms with Crippen LogP contribution in [0, 0.1) is 0 Å². The number of hydrogen-bond donors (Lipinski definition) is 1. The van der Waals surface area contributed by atoms with E-state index in [2.05, 4.69) is 9.97 Å². The Bertz CT molecular complexity index is 788. The lowest BCUT2D eigenvalue weighted by atomic mass is 10.2. The van der Waals surface area contributed by atoms with Crippen LogP contribution in [0.25, 0.3) is 23.2 Å². The van der Waals surface area contributed by atoms with E-state index in [9.17, 15) is 4.79 Å². The molecule has 3 aromatic rings. The van der Waals surface area contributed by atoms with Crippen LogP contribution in [-0.2, 0) is 0 Å². The van der Waals surface area contributed by atoms with Crippen LogP contribution in [0.5, 0.6) is 0 Å². The number of H-pyrrole nitrogens is 1. The molecule has 0 aliphatic heterocycles. The second-order valence-corrected chi connectivity index (χ2v) is 4.21. The number of nitrogens with zero attached hydrogens (tertiary/aromatic N) is 1. The first-order chi connectivity index (χ1) is 9.33. The van der Waals surface area contributed by atoms with Crippen molar-refractivity contribution in [1.29, 1.82) is 0 Å². The van der Waals surface area contributed by atoms with E-state index in [1.165, 1.54) is 0 Å². The molecule has 2 aromatic carbocycles. The molecule has 3 rings (SSSR count). The van der Waals surface area contributed by atoms with Gasteiger partial charge in [-0.05, 0) is 23.8 Å². The van der Waals surface area contributed by atoms with Gasteiger partial charge in [0.05, 0.1) is 11.0 Å². The van der Waals surface area contributed by atoms with Crippen molar-refractivity contribution < 1.29 is 0 Å². The molecule has 3 nitrogen and oxygen atoms in total. The molecular formula is C16H12N2O. The summed E-state index contributed by atoms with van der Waals surface area (Å²) < 4.78 is 0. The second kappa shape index (κ2) is 4.90. The molecule has 0 unspecified atom stereocenters. The van der Waals surface area contributed by atoms with Crippen molar-refractivity contribution >= 4 is 23.2 Å². The van der Waals surface area contributed by atoms with E-state index in [0.717, 1.165) is 16.6 Å². The molecule has 0 atom stereocenters. The zero-order valence-corrected chi connectivity index (χ0v) is 10.2. The predicted octanol–water partition coefficient (Wildman–Crippen LogP) is 3.09. The fourth-order valence-corrected chi connectivity index (χ4v) is 1.90. The van der Waals surface area contributed by atoms with Gasteiger partial charge in [0, 0.05) is 0 Å². The highest BCUT2D eigenvalue weighted by molar-refractivity contribution is 5.76. The van der Waals surface area contributed by atoms with E-state index in [-0.39, 0.29) is 5.56 Å². The number of rotatable bonds is 2. The number of benzene rings is 2. The number of nitrogens with one attached hydrogen (secondary N) is 1. The normalized spacial score (nSPS) is 11.2. The van der Waals surface area contributed by atoms with Gasteiger partial charge in [-0.25, -0.2) is 4.98 Å². The van der Waals surface area contributed by atoms with Crippen LogP contribution in [-0.4, -0.2) is 9.97 Å². The van der Waals surface area contributed by atoms with E-state index in [1.54, 1.807) is 6.08 Å². The highest BCUT2D eigenvalue weighted by Crippen LogP contribution is 2.08. The molecule has 92 valence electrons. The minimum absolute atomic E-state index is 0.175. The SMILES string of the molecule is O=c1[nH]c2ccccc2nc1/C=C\c1ccccc1. The molecule has 0 spiro atoms. The number of para-hydroxylation sites is 2. The Kier molecular flexibility index (Phi) is 2.94. The maximum Gasteiger partial charge on any atom is 0.274 e. The monoisotopic (exact) mass is 248 g/mol. The molecule has 19 heavy (non-hydrogen) atoms. The van der Waals surface area contributed by atoms with Crippen LogP contribution in [0.1, 0.15) is 11.3 Å². The number of aromatic amines is 1. The third-order valence-electron chi connectivity index (χ3n) is 2.86. The summed E-state index contributed by atoms with van der Waals surface area (Å²) in [5.74, 6) is 0. The van der Waals surface area contributed by atoms with Gasteiger partial charge in [-0.1, -0.05) is 48.5 Å². The Morgan fingerprint density at radius 2 is 1.63 bits per heavy atom. The molecule has 0 saturated carbocycles. The molecular weight excluding hydrogens is 236 g/mol. The van der Waals surface area contributed by atoms with Crippen LogP contribution in [0.2, 0.25) is 0 Å². The Morgan fingerprint density at radius 1 is 0.895 bits per heavy atom. The summed E-state index contributed by atoms with van der Waals surface area (Å²) in [6, 6.07) is 17.3. The van der Waals surface area contributed by atoms with Gasteiger partial charge >= 0.3 is 0 Å². The van der Waals surface area contributed by atoms with Crippen LogP contribution >= 0.6 is 0 Å². The van der Waals surface area contributed by atoms with Crippen LogP contribution in [0.15, 0.2) is 59.4 Å². The van der Waals surface area contributed by atoms with Crippen LogP contribution in [0.4, 0.5) is 0 Å². The van der Waals surface area contributed by atoms with Gasteiger partial charge in [-0.15, -0.1) is 0 Å². The lowest BCUT2D eigenvalue weighted by molar-refractivity contribution is 1.19. The molecule has 0 aliphatic rings. The van der Waals surface area contributed by atoms with Crippen LogP contribution < -0.4 is 5.56 Å². The van der Waals surface area contributed by atoms with Gasteiger partial charge in [0.1, 0.15) is 5.69 Å². The zero-order valence-electron chi connectivity index (χ0n) is 10.2. The molecule has 0 saturated heterocycles. The molecule has 0 radical (unpaired) electrons. The van der Waals surface area contributed by atoms with Gasteiger partial charge in [0.15, 0.2) is 0 Å². The maximum atomic E-state index is 11.9. The summed E-state index contributed by atoms with van der Waals surface area (Å²) in [6.45, 7) is 0. The average molecular weight is 248 g/mol. The van der Waals surface area contributed by atoms with Crippen molar-refractivity contribution in [2.45, 2.75) is 0 Å². The molecule has 1 heterocycles. The lowest BCUT2D eigenvalue weighted by Gasteiger charge is -1.98. The predicted molar refractivity (Wildman–Crippen MR) is 77.7 cm³/mol. The van der Waals surface area contributed by atoms with Crippen molar-refractivity contribution in [1.82, 2.24) is 9.97 Å². The van der Waals surface area contributed by atoms with Crippen molar-refractivity contribution in [2.24, 2.45) is 0 Å². The topological polar surface area (TPSA) is 45.8 Å². The van der Waals surface area contributed by atoms with Crippen molar-refractivity contribution in [2.75, 3.05) is 0 Å². The summed E-state index contributed by atoms with van der Waals surface area (Å²) in [5, 5.41) is 0. The fourth-order valence-electron chi connectivity index (χ4n) is 1.90. The van der Waals surface area contributed by atoms with Crippen LogP contribution in [0.3, 0.4) is 0 Å². The molecule has 1 N–H and O–H groups in total. The minimum Gasteiger partial charge on any atom is -0.319 e. The van der Waals surface area contributed by atoms with Gasteiger partial charge < -0.3 is 4.98 Å². The maximum absolute atomic E-state index is 11.9. The summed E-state index contributed by atoms with van der Waals surface area (Å²) >= 11 is 0. The molecule has 0 bridgehead atoms. The summed E-state index contributed by atoms with van der Waals surface area (Å²) in [5.41, 5.74) is 2.82. The zero-order chi connectivity index (χ0) is 13.1. The molecule has 1 aromatic heterocycles. The highest BCUT2D eigenvalue weighted by Gasteiger charge is 2.00. The quantitative estimate of drug-likeness (QED) is 0.757. The third-order valence-corrected chi connectivity index (χ3v) is 2.86. The van der Waals surface area contributed by atoms with E-state index in [1.807, 2.05) is 60.7 Å².